The number of aliphatic hydroxyl groups excluding tert-OH is 1. The molecule has 1 aromatic carbocycles. The molecule has 20 heavy (non-hydrogen) atoms. The van der Waals surface area contributed by atoms with Crippen LogP contribution in [0, 0.1) is 0 Å². The molecule has 0 bridgehead atoms. The Morgan fingerprint density at radius 3 is 2.40 bits per heavy atom. The van der Waals surface area contributed by atoms with Gasteiger partial charge in [-0.3, -0.25) is 0 Å². The van der Waals surface area contributed by atoms with E-state index in [1.165, 1.54) is 0 Å². The molecule has 2 aliphatic heterocycles. The molecule has 3 rings (SSSR count). The third-order valence-electron chi connectivity index (χ3n) is 4.58. The highest BCUT2D eigenvalue weighted by atomic mass is 16.7. The Hall–Kier alpha value is -1.04. The van der Waals surface area contributed by atoms with E-state index in [2.05, 4.69) is 6.07 Å². The third kappa shape index (κ3) is 2.05. The zero-order valence-electron chi connectivity index (χ0n) is 12.5. The molecule has 108 valence electrons. The Morgan fingerprint density at radius 1 is 1.15 bits per heavy atom. The van der Waals surface area contributed by atoms with E-state index in [0.717, 1.165) is 28.8 Å². The van der Waals surface area contributed by atoms with E-state index in [1.807, 2.05) is 33.8 Å². The van der Waals surface area contributed by atoms with E-state index in [0.29, 0.717) is 6.61 Å². The predicted molar refractivity (Wildman–Crippen MR) is 77.3 cm³/mol. The van der Waals surface area contributed by atoms with E-state index in [1.54, 1.807) is 0 Å². The predicted octanol–water partition coefficient (Wildman–Crippen LogP) is 1.41. The highest BCUT2D eigenvalue weighted by molar-refractivity contribution is 6.62. The Kier molecular flexibility index (Phi) is 3.12. The van der Waals surface area contributed by atoms with E-state index in [4.69, 9.17) is 14.0 Å². The lowest BCUT2D eigenvalue weighted by Gasteiger charge is -2.32. The molecular weight excluding hydrogens is 255 g/mol. The zero-order chi connectivity index (χ0) is 14.5. The second kappa shape index (κ2) is 4.48. The van der Waals surface area contributed by atoms with Crippen LogP contribution in [0.4, 0.5) is 0 Å². The van der Waals surface area contributed by atoms with Crippen LogP contribution in [0.25, 0.3) is 0 Å². The first-order valence-corrected chi connectivity index (χ1v) is 7.09. The maximum Gasteiger partial charge on any atom is 0.494 e. The molecule has 1 fully saturated rings. The minimum Gasteiger partial charge on any atom is -0.493 e. The molecule has 0 spiro atoms. The van der Waals surface area contributed by atoms with Gasteiger partial charge in [-0.05, 0) is 38.7 Å². The average Bonchev–Trinajstić information content (AvgIpc) is 2.91. The van der Waals surface area contributed by atoms with Gasteiger partial charge in [0.05, 0.1) is 24.4 Å². The first-order chi connectivity index (χ1) is 9.34. The van der Waals surface area contributed by atoms with Gasteiger partial charge in [-0.15, -0.1) is 0 Å². The van der Waals surface area contributed by atoms with Crippen LogP contribution < -0.4 is 10.2 Å². The SMILES string of the molecule is CC1(C)OB(c2cc(CO)c3c(c2)CCO3)OC1(C)C. The normalized spacial score (nSPS) is 22.8. The summed E-state index contributed by atoms with van der Waals surface area (Å²) in [4.78, 5) is 0. The maximum atomic E-state index is 9.51. The second-order valence-corrected chi connectivity index (χ2v) is 6.51. The lowest BCUT2D eigenvalue weighted by molar-refractivity contribution is 0.00578. The van der Waals surface area contributed by atoms with Gasteiger partial charge in [0.1, 0.15) is 5.75 Å². The number of benzene rings is 1. The van der Waals surface area contributed by atoms with E-state index in [9.17, 15) is 5.11 Å². The summed E-state index contributed by atoms with van der Waals surface area (Å²) in [5.74, 6) is 0.827. The van der Waals surface area contributed by atoms with Crippen molar-refractivity contribution in [2.75, 3.05) is 6.61 Å². The number of fused-ring (bicyclic) bond motifs is 1. The van der Waals surface area contributed by atoms with Crippen LogP contribution in [0.15, 0.2) is 12.1 Å². The summed E-state index contributed by atoms with van der Waals surface area (Å²) in [6.07, 6.45) is 0.871. The fraction of sp³-hybridized carbons (Fsp3) is 0.600. The highest BCUT2D eigenvalue weighted by Crippen LogP contribution is 2.37. The number of ether oxygens (including phenoxy) is 1. The molecule has 0 aliphatic carbocycles. The van der Waals surface area contributed by atoms with E-state index in [-0.39, 0.29) is 17.8 Å². The molecule has 1 aromatic rings. The third-order valence-corrected chi connectivity index (χ3v) is 4.58. The fourth-order valence-electron chi connectivity index (χ4n) is 2.65. The van der Waals surface area contributed by atoms with E-state index >= 15 is 0 Å². The van der Waals surface area contributed by atoms with Crippen molar-refractivity contribution in [3.05, 3.63) is 23.3 Å². The highest BCUT2D eigenvalue weighted by Gasteiger charge is 2.51. The summed E-state index contributed by atoms with van der Waals surface area (Å²) in [7, 11) is -0.392. The Bertz CT molecular complexity index is 523. The van der Waals surface area contributed by atoms with Gasteiger partial charge in [-0.2, -0.15) is 0 Å². The molecular formula is C15H21BO4. The van der Waals surface area contributed by atoms with Gasteiger partial charge in [0.25, 0.3) is 0 Å². The molecule has 0 saturated carbocycles. The first kappa shape index (κ1) is 13.9. The standard InChI is InChI=1S/C15H21BO4/c1-14(2)15(3,4)20-16(19-14)12-7-10-5-6-18-13(10)11(8-12)9-17/h7-8,17H,5-6,9H2,1-4H3. The topological polar surface area (TPSA) is 47.9 Å². The molecule has 0 radical (unpaired) electrons. The van der Waals surface area contributed by atoms with Crippen molar-refractivity contribution in [3.63, 3.8) is 0 Å². The molecule has 4 nitrogen and oxygen atoms in total. The summed E-state index contributed by atoms with van der Waals surface area (Å²) < 4.78 is 17.7. The molecule has 5 heteroatoms. The lowest BCUT2D eigenvalue weighted by Crippen LogP contribution is -2.41. The minimum atomic E-state index is -0.392. The van der Waals surface area contributed by atoms with Crippen LogP contribution in [0.5, 0.6) is 5.75 Å². The van der Waals surface area contributed by atoms with Crippen LogP contribution in [-0.2, 0) is 22.3 Å². The second-order valence-electron chi connectivity index (χ2n) is 6.51. The Labute approximate surface area is 120 Å². The first-order valence-electron chi connectivity index (χ1n) is 7.09. The maximum absolute atomic E-state index is 9.51. The van der Waals surface area contributed by atoms with Crippen molar-refractivity contribution in [2.24, 2.45) is 0 Å². The minimum absolute atomic E-state index is 0.0321. The molecule has 0 unspecified atom stereocenters. The Balaban J connectivity index is 1.97. The fourth-order valence-corrected chi connectivity index (χ4v) is 2.65. The van der Waals surface area contributed by atoms with Gasteiger partial charge in [0, 0.05) is 12.0 Å². The summed E-state index contributed by atoms with van der Waals surface area (Å²) in [6.45, 7) is 8.80. The quantitative estimate of drug-likeness (QED) is 0.830. The van der Waals surface area contributed by atoms with Crippen molar-refractivity contribution >= 4 is 12.6 Å². The van der Waals surface area contributed by atoms with Crippen molar-refractivity contribution < 1.29 is 19.2 Å². The van der Waals surface area contributed by atoms with Crippen molar-refractivity contribution in [2.45, 2.75) is 51.9 Å². The molecule has 2 heterocycles. The summed E-state index contributed by atoms with van der Waals surface area (Å²) >= 11 is 0. The van der Waals surface area contributed by atoms with Gasteiger partial charge in [-0.1, -0.05) is 12.1 Å². The van der Waals surface area contributed by atoms with Crippen LogP contribution >= 0.6 is 0 Å². The van der Waals surface area contributed by atoms with Crippen LogP contribution in [0.2, 0.25) is 0 Å². The molecule has 2 aliphatic rings. The Morgan fingerprint density at radius 2 is 1.80 bits per heavy atom. The smallest absolute Gasteiger partial charge is 0.493 e. The number of hydrogen-bond donors (Lipinski definition) is 1. The summed E-state index contributed by atoms with van der Waals surface area (Å²) in [6, 6.07) is 4.00. The molecule has 0 atom stereocenters. The zero-order valence-corrected chi connectivity index (χ0v) is 12.5. The number of aliphatic hydroxyl groups is 1. The van der Waals surface area contributed by atoms with Crippen molar-refractivity contribution in [1.29, 1.82) is 0 Å². The van der Waals surface area contributed by atoms with Gasteiger partial charge in [0.15, 0.2) is 0 Å². The molecule has 0 amide bonds. The van der Waals surface area contributed by atoms with Gasteiger partial charge < -0.3 is 19.2 Å². The summed E-state index contributed by atoms with van der Waals surface area (Å²) in [5, 5.41) is 9.51. The lowest BCUT2D eigenvalue weighted by atomic mass is 9.77. The van der Waals surface area contributed by atoms with Crippen LogP contribution in [-0.4, -0.2) is 30.0 Å². The van der Waals surface area contributed by atoms with Crippen molar-refractivity contribution in [1.82, 2.24) is 0 Å². The monoisotopic (exact) mass is 276 g/mol. The van der Waals surface area contributed by atoms with E-state index < -0.39 is 7.12 Å². The van der Waals surface area contributed by atoms with Crippen molar-refractivity contribution in [3.8, 4) is 5.75 Å². The van der Waals surface area contributed by atoms with Gasteiger partial charge in [0.2, 0.25) is 0 Å². The van der Waals surface area contributed by atoms with Gasteiger partial charge in [-0.25, -0.2) is 0 Å². The van der Waals surface area contributed by atoms with Gasteiger partial charge >= 0.3 is 7.12 Å². The molecule has 0 aromatic heterocycles. The largest absolute Gasteiger partial charge is 0.494 e. The number of rotatable bonds is 2. The summed E-state index contributed by atoms with van der Waals surface area (Å²) in [5.41, 5.74) is 2.18. The average molecular weight is 276 g/mol. The number of hydrogen-bond acceptors (Lipinski definition) is 4. The molecule has 1 N–H and O–H groups in total. The van der Waals surface area contributed by atoms with Crippen LogP contribution in [0.1, 0.15) is 38.8 Å². The molecule has 1 saturated heterocycles. The van der Waals surface area contributed by atoms with Crippen LogP contribution in [0.3, 0.4) is 0 Å².